The van der Waals surface area contributed by atoms with Crippen molar-refractivity contribution in [1.82, 2.24) is 4.31 Å². The van der Waals surface area contributed by atoms with E-state index in [0.717, 1.165) is 6.42 Å². The lowest BCUT2D eigenvalue weighted by Gasteiger charge is -2.22. The zero-order valence-electron chi connectivity index (χ0n) is 10.3. The Bertz CT molecular complexity index is 568. The number of carbonyl (C=O) groups excluding carboxylic acids is 1. The summed E-state index contributed by atoms with van der Waals surface area (Å²) in [5.74, 6) is -0.599. The van der Waals surface area contributed by atoms with Crippen LogP contribution in [0.2, 0.25) is 0 Å². The maximum absolute atomic E-state index is 12.4. The van der Waals surface area contributed by atoms with Crippen LogP contribution in [0.5, 0.6) is 0 Å². The van der Waals surface area contributed by atoms with Crippen molar-refractivity contribution in [2.75, 3.05) is 13.2 Å². The summed E-state index contributed by atoms with van der Waals surface area (Å²) in [5, 5.41) is 9.20. The maximum Gasteiger partial charge on any atom is 0.248 e. The highest BCUT2D eigenvalue weighted by Crippen LogP contribution is 2.25. The molecular formula is C12H16N2O4S. The average molecular weight is 284 g/mol. The lowest BCUT2D eigenvalue weighted by Crippen LogP contribution is -2.37. The Morgan fingerprint density at radius 2 is 2.00 bits per heavy atom. The number of hydrogen-bond acceptors (Lipinski definition) is 4. The van der Waals surface area contributed by atoms with E-state index in [-0.39, 0.29) is 23.1 Å². The van der Waals surface area contributed by atoms with Gasteiger partial charge in [-0.25, -0.2) is 8.42 Å². The van der Waals surface area contributed by atoms with Crippen LogP contribution >= 0.6 is 0 Å². The molecule has 0 radical (unpaired) electrons. The van der Waals surface area contributed by atoms with Crippen molar-refractivity contribution in [2.24, 2.45) is 5.73 Å². The van der Waals surface area contributed by atoms with Crippen molar-refractivity contribution in [3.05, 3.63) is 29.8 Å². The fourth-order valence-corrected chi connectivity index (χ4v) is 3.92. The van der Waals surface area contributed by atoms with Crippen LogP contribution in [-0.2, 0) is 10.0 Å². The predicted octanol–water partition coefficient (Wildman–Crippen LogP) is -0.0691. The van der Waals surface area contributed by atoms with Gasteiger partial charge >= 0.3 is 0 Å². The Kier molecular flexibility index (Phi) is 3.88. The molecule has 19 heavy (non-hydrogen) atoms. The van der Waals surface area contributed by atoms with Crippen LogP contribution in [0.4, 0.5) is 0 Å². The van der Waals surface area contributed by atoms with Gasteiger partial charge in [0.15, 0.2) is 0 Å². The number of aliphatic hydroxyl groups is 1. The maximum atomic E-state index is 12.4. The lowest BCUT2D eigenvalue weighted by atomic mass is 10.2. The summed E-state index contributed by atoms with van der Waals surface area (Å²) in [5.41, 5.74) is 5.37. The molecule has 0 aromatic heterocycles. The number of rotatable bonds is 4. The van der Waals surface area contributed by atoms with Crippen molar-refractivity contribution < 1.29 is 18.3 Å². The SMILES string of the molecule is NC(=O)c1ccc(S(=O)(=O)N2CCCC2CO)cc1. The van der Waals surface area contributed by atoms with E-state index in [1.807, 2.05) is 0 Å². The minimum Gasteiger partial charge on any atom is -0.395 e. The van der Waals surface area contributed by atoms with Gasteiger partial charge < -0.3 is 10.8 Å². The second-order valence-corrected chi connectivity index (χ2v) is 6.37. The molecule has 7 heteroatoms. The highest BCUT2D eigenvalue weighted by molar-refractivity contribution is 7.89. The van der Waals surface area contributed by atoms with Crippen LogP contribution in [0, 0.1) is 0 Å². The number of amides is 1. The Balaban J connectivity index is 2.31. The first kappa shape index (κ1) is 14.0. The van der Waals surface area contributed by atoms with E-state index < -0.39 is 15.9 Å². The molecule has 6 nitrogen and oxygen atoms in total. The smallest absolute Gasteiger partial charge is 0.248 e. The van der Waals surface area contributed by atoms with Crippen molar-refractivity contribution in [3.8, 4) is 0 Å². The van der Waals surface area contributed by atoms with Gasteiger partial charge in [0.2, 0.25) is 15.9 Å². The molecule has 1 unspecified atom stereocenters. The van der Waals surface area contributed by atoms with E-state index in [1.54, 1.807) is 0 Å². The second-order valence-electron chi connectivity index (χ2n) is 4.48. The van der Waals surface area contributed by atoms with Crippen LogP contribution in [-0.4, -0.2) is 42.9 Å². The third-order valence-electron chi connectivity index (χ3n) is 3.28. The number of primary amides is 1. The number of nitrogens with zero attached hydrogens (tertiary/aromatic N) is 1. The number of carbonyl (C=O) groups is 1. The number of sulfonamides is 1. The number of benzene rings is 1. The molecule has 1 fully saturated rings. The molecule has 1 aromatic rings. The fraction of sp³-hybridized carbons (Fsp3) is 0.417. The van der Waals surface area contributed by atoms with Gasteiger partial charge in [-0.3, -0.25) is 4.79 Å². The molecule has 1 heterocycles. The average Bonchev–Trinajstić information content (AvgIpc) is 2.87. The topological polar surface area (TPSA) is 101 Å². The molecule has 0 aliphatic carbocycles. The molecule has 104 valence electrons. The van der Waals surface area contributed by atoms with E-state index in [9.17, 15) is 18.3 Å². The van der Waals surface area contributed by atoms with Crippen molar-refractivity contribution in [3.63, 3.8) is 0 Å². The molecule has 1 aliphatic rings. The molecular weight excluding hydrogens is 268 g/mol. The number of nitrogens with two attached hydrogens (primary N) is 1. The highest BCUT2D eigenvalue weighted by Gasteiger charge is 2.34. The zero-order chi connectivity index (χ0) is 14.0. The Morgan fingerprint density at radius 1 is 1.37 bits per heavy atom. The standard InChI is InChI=1S/C12H16N2O4S/c13-12(16)9-3-5-11(6-4-9)19(17,18)14-7-1-2-10(14)8-15/h3-6,10,15H,1-2,7-8H2,(H2,13,16). The van der Waals surface area contributed by atoms with E-state index in [4.69, 9.17) is 5.73 Å². The monoisotopic (exact) mass is 284 g/mol. The lowest BCUT2D eigenvalue weighted by molar-refractivity contribution is 0.1000. The summed E-state index contributed by atoms with van der Waals surface area (Å²) in [6.07, 6.45) is 1.40. The first-order chi connectivity index (χ1) is 8.96. The molecule has 2 rings (SSSR count). The third kappa shape index (κ3) is 2.63. The van der Waals surface area contributed by atoms with E-state index in [2.05, 4.69) is 0 Å². The number of aliphatic hydroxyl groups excluding tert-OH is 1. The summed E-state index contributed by atoms with van der Waals surface area (Å²) in [4.78, 5) is 11.1. The second kappa shape index (κ2) is 5.28. The normalized spacial score (nSPS) is 20.6. The molecule has 3 N–H and O–H groups in total. The number of hydrogen-bond donors (Lipinski definition) is 2. The summed E-state index contributed by atoms with van der Waals surface area (Å²) in [7, 11) is -3.62. The van der Waals surface area contributed by atoms with Gasteiger partial charge in [0.1, 0.15) is 0 Å². The van der Waals surface area contributed by atoms with Crippen molar-refractivity contribution in [2.45, 2.75) is 23.8 Å². The summed E-state index contributed by atoms with van der Waals surface area (Å²) in [6, 6.07) is 5.14. The largest absolute Gasteiger partial charge is 0.395 e. The molecule has 1 aromatic carbocycles. The van der Waals surface area contributed by atoms with Crippen LogP contribution < -0.4 is 5.73 Å². The van der Waals surface area contributed by atoms with Crippen LogP contribution in [0.15, 0.2) is 29.2 Å². The first-order valence-electron chi connectivity index (χ1n) is 5.99. The summed E-state index contributed by atoms with van der Waals surface area (Å²) < 4.78 is 26.1. The quantitative estimate of drug-likeness (QED) is 0.808. The Hall–Kier alpha value is -1.44. The van der Waals surface area contributed by atoms with Gasteiger partial charge in [0.25, 0.3) is 0 Å². The van der Waals surface area contributed by atoms with Gasteiger partial charge in [-0.1, -0.05) is 0 Å². The van der Waals surface area contributed by atoms with E-state index >= 15 is 0 Å². The van der Waals surface area contributed by atoms with Gasteiger partial charge in [0.05, 0.1) is 11.5 Å². The Labute approximate surface area is 111 Å². The molecule has 0 bridgehead atoms. The van der Waals surface area contributed by atoms with Gasteiger partial charge in [-0.15, -0.1) is 0 Å². The Morgan fingerprint density at radius 3 is 2.53 bits per heavy atom. The van der Waals surface area contributed by atoms with Gasteiger partial charge in [0, 0.05) is 18.2 Å². The van der Waals surface area contributed by atoms with Crippen molar-refractivity contribution in [1.29, 1.82) is 0 Å². The summed E-state index contributed by atoms with van der Waals surface area (Å²) >= 11 is 0. The molecule has 1 saturated heterocycles. The van der Waals surface area contributed by atoms with E-state index in [0.29, 0.717) is 13.0 Å². The van der Waals surface area contributed by atoms with Crippen molar-refractivity contribution >= 4 is 15.9 Å². The zero-order valence-corrected chi connectivity index (χ0v) is 11.1. The van der Waals surface area contributed by atoms with Crippen LogP contribution in [0.25, 0.3) is 0 Å². The molecule has 1 atom stereocenters. The van der Waals surface area contributed by atoms with Gasteiger partial charge in [-0.2, -0.15) is 4.31 Å². The molecule has 0 saturated carbocycles. The van der Waals surface area contributed by atoms with Crippen LogP contribution in [0.3, 0.4) is 0 Å². The van der Waals surface area contributed by atoms with E-state index in [1.165, 1.54) is 28.6 Å². The molecule has 0 spiro atoms. The first-order valence-corrected chi connectivity index (χ1v) is 7.43. The minimum absolute atomic E-state index is 0.109. The molecule has 1 aliphatic heterocycles. The third-order valence-corrected chi connectivity index (χ3v) is 5.25. The van der Waals surface area contributed by atoms with Crippen LogP contribution in [0.1, 0.15) is 23.2 Å². The highest BCUT2D eigenvalue weighted by atomic mass is 32.2. The minimum atomic E-state index is -3.62. The fourth-order valence-electron chi connectivity index (χ4n) is 2.23. The predicted molar refractivity (Wildman–Crippen MR) is 69.0 cm³/mol. The molecule has 1 amide bonds. The summed E-state index contributed by atoms with van der Waals surface area (Å²) in [6.45, 7) is 0.226. The van der Waals surface area contributed by atoms with Gasteiger partial charge in [-0.05, 0) is 37.1 Å².